The highest BCUT2D eigenvalue weighted by atomic mass is 32.2. The molecule has 1 aromatic rings. The standard InChI is InChI=1S/C16H26N4O3S/c1-11(2)15-17-18-16(23-15)13-9-22-6-5-20(13)14(21)8-19(3)12-4-7-24-10-12/h11-13H,4-10H2,1-3H3/t12-,13-/m0/s1. The summed E-state index contributed by atoms with van der Waals surface area (Å²) in [6.07, 6.45) is 1.16. The second-order valence-electron chi connectivity index (χ2n) is 6.74. The van der Waals surface area contributed by atoms with E-state index in [1.165, 1.54) is 5.75 Å². The van der Waals surface area contributed by atoms with Crippen molar-refractivity contribution in [2.75, 3.05) is 44.9 Å². The van der Waals surface area contributed by atoms with E-state index < -0.39 is 0 Å². The fraction of sp³-hybridized carbons (Fsp3) is 0.812. The number of ether oxygens (including phenoxy) is 1. The summed E-state index contributed by atoms with van der Waals surface area (Å²) in [6.45, 7) is 5.96. The van der Waals surface area contributed by atoms with Crippen LogP contribution in [0.4, 0.5) is 0 Å². The predicted octanol–water partition coefficient (Wildman–Crippen LogP) is 1.53. The topological polar surface area (TPSA) is 71.7 Å². The molecule has 8 heteroatoms. The number of likely N-dealkylation sites (N-methyl/N-ethyl adjacent to an activating group) is 1. The third-order valence-corrected chi connectivity index (χ3v) is 5.74. The van der Waals surface area contributed by atoms with Crippen LogP contribution in [0, 0.1) is 0 Å². The molecule has 2 saturated heterocycles. The lowest BCUT2D eigenvalue weighted by Crippen LogP contribution is -2.48. The van der Waals surface area contributed by atoms with Crippen LogP contribution in [0.25, 0.3) is 0 Å². The molecule has 0 bridgehead atoms. The van der Waals surface area contributed by atoms with E-state index in [1.807, 2.05) is 37.6 Å². The lowest BCUT2D eigenvalue weighted by molar-refractivity contribution is -0.142. The molecule has 2 aliphatic rings. The largest absolute Gasteiger partial charge is 0.423 e. The third-order valence-electron chi connectivity index (χ3n) is 4.60. The van der Waals surface area contributed by atoms with Gasteiger partial charge in [-0.15, -0.1) is 10.2 Å². The van der Waals surface area contributed by atoms with Crippen molar-refractivity contribution in [1.82, 2.24) is 20.0 Å². The van der Waals surface area contributed by atoms with Gasteiger partial charge < -0.3 is 14.1 Å². The molecule has 1 aromatic heterocycles. The highest BCUT2D eigenvalue weighted by Crippen LogP contribution is 2.26. The van der Waals surface area contributed by atoms with Gasteiger partial charge in [0.15, 0.2) is 0 Å². The molecule has 0 saturated carbocycles. The number of amides is 1. The number of nitrogens with zero attached hydrogens (tertiary/aromatic N) is 4. The van der Waals surface area contributed by atoms with Crippen LogP contribution >= 0.6 is 11.8 Å². The summed E-state index contributed by atoms with van der Waals surface area (Å²) in [5, 5.41) is 8.23. The molecule has 134 valence electrons. The zero-order valence-electron chi connectivity index (χ0n) is 14.6. The van der Waals surface area contributed by atoms with Crippen molar-refractivity contribution in [3.05, 3.63) is 11.8 Å². The minimum absolute atomic E-state index is 0.104. The van der Waals surface area contributed by atoms with Crippen LogP contribution in [0.5, 0.6) is 0 Å². The molecule has 0 radical (unpaired) electrons. The van der Waals surface area contributed by atoms with Crippen molar-refractivity contribution in [3.63, 3.8) is 0 Å². The number of carbonyl (C=O) groups is 1. The molecule has 2 fully saturated rings. The van der Waals surface area contributed by atoms with E-state index >= 15 is 0 Å². The Morgan fingerprint density at radius 3 is 2.96 bits per heavy atom. The van der Waals surface area contributed by atoms with E-state index in [9.17, 15) is 4.79 Å². The Labute approximate surface area is 147 Å². The second kappa shape index (κ2) is 7.84. The quantitative estimate of drug-likeness (QED) is 0.794. The molecule has 0 unspecified atom stereocenters. The van der Waals surface area contributed by atoms with Crippen LogP contribution in [-0.2, 0) is 9.53 Å². The SMILES string of the molecule is CC(C)c1nnc([C@@H]2COCCN2C(=O)CN(C)[C@H]2CCSC2)o1. The summed E-state index contributed by atoms with van der Waals surface area (Å²) in [5.74, 6) is 3.65. The average Bonchev–Trinajstić information content (AvgIpc) is 3.26. The van der Waals surface area contributed by atoms with Gasteiger partial charge in [0.05, 0.1) is 19.8 Å². The van der Waals surface area contributed by atoms with E-state index in [1.54, 1.807) is 0 Å². The molecule has 24 heavy (non-hydrogen) atoms. The lowest BCUT2D eigenvalue weighted by Gasteiger charge is -2.35. The van der Waals surface area contributed by atoms with Gasteiger partial charge in [0, 0.05) is 24.3 Å². The molecule has 2 aliphatic heterocycles. The predicted molar refractivity (Wildman–Crippen MR) is 92.0 cm³/mol. The van der Waals surface area contributed by atoms with Crippen molar-refractivity contribution in [2.45, 2.75) is 38.3 Å². The normalized spacial score (nSPS) is 25.0. The number of hydrogen-bond acceptors (Lipinski definition) is 7. The zero-order chi connectivity index (χ0) is 17.1. The first-order chi connectivity index (χ1) is 11.6. The highest BCUT2D eigenvalue weighted by molar-refractivity contribution is 7.99. The van der Waals surface area contributed by atoms with Crippen molar-refractivity contribution < 1.29 is 13.9 Å². The van der Waals surface area contributed by atoms with Crippen LogP contribution in [0.15, 0.2) is 4.42 Å². The minimum atomic E-state index is -0.280. The number of thioether (sulfide) groups is 1. The molecule has 0 N–H and O–H groups in total. The van der Waals surface area contributed by atoms with Crippen LogP contribution in [0.1, 0.15) is 44.0 Å². The van der Waals surface area contributed by atoms with Crippen molar-refractivity contribution in [1.29, 1.82) is 0 Å². The van der Waals surface area contributed by atoms with Crippen molar-refractivity contribution in [2.24, 2.45) is 0 Å². The molecular formula is C16H26N4O3S. The first kappa shape index (κ1) is 17.7. The van der Waals surface area contributed by atoms with E-state index in [2.05, 4.69) is 15.1 Å². The second-order valence-corrected chi connectivity index (χ2v) is 7.89. The Bertz CT molecular complexity index is 559. The molecule has 7 nitrogen and oxygen atoms in total. The maximum atomic E-state index is 12.8. The van der Waals surface area contributed by atoms with Crippen LogP contribution in [0.2, 0.25) is 0 Å². The van der Waals surface area contributed by atoms with E-state index in [4.69, 9.17) is 9.15 Å². The smallest absolute Gasteiger partial charge is 0.241 e. The summed E-state index contributed by atoms with van der Waals surface area (Å²) < 4.78 is 11.3. The molecular weight excluding hydrogens is 328 g/mol. The summed E-state index contributed by atoms with van der Waals surface area (Å²) in [6, 6.07) is 0.215. The molecule has 0 aliphatic carbocycles. The fourth-order valence-corrected chi connectivity index (χ4v) is 4.32. The summed E-state index contributed by atoms with van der Waals surface area (Å²) >= 11 is 1.96. The first-order valence-electron chi connectivity index (χ1n) is 8.54. The first-order valence-corrected chi connectivity index (χ1v) is 9.70. The monoisotopic (exact) mass is 354 g/mol. The number of hydrogen-bond donors (Lipinski definition) is 0. The Hall–Kier alpha value is -1.12. The van der Waals surface area contributed by atoms with Gasteiger partial charge in [0.2, 0.25) is 17.7 Å². The van der Waals surface area contributed by atoms with Gasteiger partial charge in [0.1, 0.15) is 6.04 Å². The zero-order valence-corrected chi connectivity index (χ0v) is 15.4. The van der Waals surface area contributed by atoms with Gasteiger partial charge in [-0.1, -0.05) is 13.8 Å². The van der Waals surface area contributed by atoms with E-state index in [0.29, 0.717) is 44.1 Å². The number of carbonyl (C=O) groups excluding carboxylic acids is 1. The van der Waals surface area contributed by atoms with Crippen molar-refractivity contribution >= 4 is 17.7 Å². The average molecular weight is 354 g/mol. The van der Waals surface area contributed by atoms with Gasteiger partial charge in [-0.2, -0.15) is 11.8 Å². The van der Waals surface area contributed by atoms with Crippen LogP contribution in [-0.4, -0.2) is 76.8 Å². The Morgan fingerprint density at radius 1 is 1.46 bits per heavy atom. The summed E-state index contributed by atoms with van der Waals surface area (Å²) in [5.41, 5.74) is 0. The molecule has 3 heterocycles. The molecule has 1 amide bonds. The van der Waals surface area contributed by atoms with Crippen LogP contribution in [0.3, 0.4) is 0 Å². The van der Waals surface area contributed by atoms with Gasteiger partial charge >= 0.3 is 0 Å². The summed E-state index contributed by atoms with van der Waals surface area (Å²) in [4.78, 5) is 16.8. The Morgan fingerprint density at radius 2 is 2.29 bits per heavy atom. The summed E-state index contributed by atoms with van der Waals surface area (Å²) in [7, 11) is 2.04. The minimum Gasteiger partial charge on any atom is -0.423 e. The highest BCUT2D eigenvalue weighted by Gasteiger charge is 2.34. The van der Waals surface area contributed by atoms with Gasteiger partial charge in [0.25, 0.3) is 0 Å². The molecule has 3 rings (SSSR count). The maximum Gasteiger partial charge on any atom is 0.241 e. The fourth-order valence-electron chi connectivity index (χ4n) is 3.02. The van der Waals surface area contributed by atoms with Gasteiger partial charge in [-0.3, -0.25) is 9.69 Å². The number of aromatic nitrogens is 2. The van der Waals surface area contributed by atoms with Gasteiger partial charge in [-0.05, 0) is 19.2 Å². The third kappa shape index (κ3) is 3.92. The number of rotatable bonds is 5. The Balaban J connectivity index is 1.67. The van der Waals surface area contributed by atoms with E-state index in [0.717, 1.165) is 12.2 Å². The number of morpholine rings is 1. The van der Waals surface area contributed by atoms with Crippen molar-refractivity contribution in [3.8, 4) is 0 Å². The van der Waals surface area contributed by atoms with Crippen LogP contribution < -0.4 is 0 Å². The maximum absolute atomic E-state index is 12.8. The lowest BCUT2D eigenvalue weighted by atomic mass is 10.2. The molecule has 2 atom stereocenters. The van der Waals surface area contributed by atoms with E-state index in [-0.39, 0.29) is 17.9 Å². The van der Waals surface area contributed by atoms with Gasteiger partial charge in [-0.25, -0.2) is 0 Å². The molecule has 0 aromatic carbocycles. The Kier molecular flexibility index (Phi) is 5.78. The molecule has 0 spiro atoms.